The van der Waals surface area contributed by atoms with Crippen LogP contribution in [0.2, 0.25) is 0 Å². The Kier molecular flexibility index (Phi) is 7.08. The number of benzene rings is 10. The fraction of sp³-hybridized carbons (Fsp3) is 0. The van der Waals surface area contributed by atoms with Crippen molar-refractivity contribution < 1.29 is 0 Å². The number of rotatable bonds is 5. The highest BCUT2D eigenvalue weighted by Gasteiger charge is 2.31. The van der Waals surface area contributed by atoms with Crippen LogP contribution in [0.15, 0.2) is 200 Å². The second kappa shape index (κ2) is 12.4. The third kappa shape index (κ3) is 4.80. The van der Waals surface area contributed by atoms with Crippen LogP contribution in [-0.2, 0) is 0 Å². The first-order valence-corrected chi connectivity index (χ1v) is 19.0. The molecule has 0 fully saturated rings. The van der Waals surface area contributed by atoms with Crippen molar-refractivity contribution in [1.29, 1.82) is 0 Å². The van der Waals surface area contributed by atoms with E-state index in [4.69, 9.17) is 5.73 Å². The van der Waals surface area contributed by atoms with Gasteiger partial charge in [0.25, 0.3) is 0 Å². The largest absolute Gasteiger partial charge is 0.399 e. The molecule has 0 atom stereocenters. The van der Waals surface area contributed by atoms with Crippen LogP contribution in [0.5, 0.6) is 0 Å². The average Bonchev–Trinajstić information content (AvgIpc) is 3.58. The van der Waals surface area contributed by atoms with E-state index in [-0.39, 0.29) is 0 Å². The molecule has 0 spiro atoms. The van der Waals surface area contributed by atoms with Crippen molar-refractivity contribution in [3.63, 3.8) is 0 Å². The summed E-state index contributed by atoms with van der Waals surface area (Å²) >= 11 is 0. The summed E-state index contributed by atoms with van der Waals surface area (Å²) in [6.45, 7) is 0. The zero-order chi connectivity index (χ0) is 36.5. The van der Waals surface area contributed by atoms with Crippen molar-refractivity contribution in [3.8, 4) is 77.9 Å². The second-order valence-electron chi connectivity index (χ2n) is 14.5. The van der Waals surface area contributed by atoms with E-state index < -0.39 is 0 Å². The first kappa shape index (κ1) is 31.3. The Morgan fingerprint density at radius 3 is 1.20 bits per heavy atom. The van der Waals surface area contributed by atoms with E-state index in [0.29, 0.717) is 0 Å². The lowest BCUT2D eigenvalue weighted by Gasteiger charge is -2.20. The highest BCUT2D eigenvalue weighted by molar-refractivity contribution is 6.29. The van der Waals surface area contributed by atoms with Gasteiger partial charge in [-0.2, -0.15) is 0 Å². The molecule has 1 heteroatoms. The molecule has 0 heterocycles. The van der Waals surface area contributed by atoms with Gasteiger partial charge in [0.2, 0.25) is 0 Å². The number of nitrogens with two attached hydrogens (primary N) is 1. The molecule has 256 valence electrons. The van der Waals surface area contributed by atoms with Crippen molar-refractivity contribution in [1.82, 2.24) is 0 Å². The Morgan fingerprint density at radius 2 is 0.618 bits per heavy atom. The Labute approximate surface area is 320 Å². The maximum Gasteiger partial charge on any atom is 0.0314 e. The fourth-order valence-electron chi connectivity index (χ4n) is 9.25. The van der Waals surface area contributed by atoms with E-state index >= 15 is 0 Å². The van der Waals surface area contributed by atoms with Gasteiger partial charge in [0.05, 0.1) is 0 Å². The van der Waals surface area contributed by atoms with Crippen LogP contribution in [0.25, 0.3) is 110 Å². The monoisotopic (exact) mass is 697 g/mol. The van der Waals surface area contributed by atoms with Crippen LogP contribution in [0.1, 0.15) is 0 Å². The van der Waals surface area contributed by atoms with Gasteiger partial charge in [-0.1, -0.05) is 188 Å². The highest BCUT2D eigenvalue weighted by atomic mass is 14.5. The van der Waals surface area contributed by atoms with Gasteiger partial charge in [0, 0.05) is 5.69 Å². The summed E-state index contributed by atoms with van der Waals surface area (Å²) < 4.78 is 0. The summed E-state index contributed by atoms with van der Waals surface area (Å²) in [5.74, 6) is 0. The van der Waals surface area contributed by atoms with Crippen molar-refractivity contribution in [2.75, 3.05) is 5.73 Å². The highest BCUT2D eigenvalue weighted by Crippen LogP contribution is 2.58. The predicted octanol–water partition coefficient (Wildman–Crippen LogP) is 14.7. The molecule has 2 N–H and O–H groups in total. The van der Waals surface area contributed by atoms with Gasteiger partial charge >= 0.3 is 0 Å². The minimum Gasteiger partial charge on any atom is -0.399 e. The quantitative estimate of drug-likeness (QED) is 0.178. The smallest absolute Gasteiger partial charge is 0.0314 e. The number of hydrogen-bond acceptors (Lipinski definition) is 1. The van der Waals surface area contributed by atoms with Crippen LogP contribution < -0.4 is 5.73 Å². The van der Waals surface area contributed by atoms with Crippen LogP contribution in [0, 0.1) is 0 Å². The number of fused-ring (bicyclic) bond motifs is 5. The third-order valence-electron chi connectivity index (χ3n) is 11.6. The van der Waals surface area contributed by atoms with E-state index in [0.717, 1.165) is 11.3 Å². The molecule has 0 bridgehead atoms. The minimum atomic E-state index is 0.769. The molecule has 10 aromatic rings. The average molecular weight is 698 g/mol. The first-order valence-electron chi connectivity index (χ1n) is 19.0. The molecule has 1 aliphatic carbocycles. The van der Waals surface area contributed by atoms with Crippen LogP contribution in [-0.4, -0.2) is 0 Å². The molecular weight excluding hydrogens is 663 g/mol. The minimum absolute atomic E-state index is 0.769. The summed E-state index contributed by atoms with van der Waals surface area (Å²) in [6, 6.07) is 73.0. The van der Waals surface area contributed by atoms with Gasteiger partial charge in [-0.15, -0.1) is 0 Å². The van der Waals surface area contributed by atoms with Crippen LogP contribution in [0.4, 0.5) is 5.69 Å². The van der Waals surface area contributed by atoms with Gasteiger partial charge < -0.3 is 5.73 Å². The molecule has 0 radical (unpaired) electrons. The van der Waals surface area contributed by atoms with Gasteiger partial charge in [0.15, 0.2) is 0 Å². The molecule has 0 aliphatic heterocycles. The van der Waals surface area contributed by atoms with E-state index in [9.17, 15) is 0 Å². The second-order valence-corrected chi connectivity index (χ2v) is 14.5. The Balaban J connectivity index is 1.18. The maximum atomic E-state index is 6.08. The van der Waals surface area contributed by atoms with Gasteiger partial charge in [-0.3, -0.25) is 0 Å². The van der Waals surface area contributed by atoms with Crippen molar-refractivity contribution in [2.24, 2.45) is 0 Å². The molecule has 55 heavy (non-hydrogen) atoms. The lowest BCUT2D eigenvalue weighted by Crippen LogP contribution is -1.93. The van der Waals surface area contributed by atoms with Gasteiger partial charge in [-0.05, 0) is 122 Å². The van der Waals surface area contributed by atoms with Crippen molar-refractivity contribution in [3.05, 3.63) is 200 Å². The molecule has 0 amide bonds. The van der Waals surface area contributed by atoms with Crippen molar-refractivity contribution >= 4 is 38.0 Å². The molecule has 11 rings (SSSR count). The molecular formula is C54H35N. The summed E-state index contributed by atoms with van der Waals surface area (Å²) in [4.78, 5) is 0. The summed E-state index contributed by atoms with van der Waals surface area (Å²) in [6.07, 6.45) is 0. The predicted molar refractivity (Wildman–Crippen MR) is 235 cm³/mol. The SMILES string of the molecule is Nc1ccc(-c2ccccc2-c2ccc(-c3ccc4c5c(cccc35)-c3c-4c(-c4ccccc4)c4ccccc4c3-c3ccccc3)c3ccccc23)cc1. The fourth-order valence-corrected chi connectivity index (χ4v) is 9.25. The summed E-state index contributed by atoms with van der Waals surface area (Å²) in [5.41, 5.74) is 24.4. The normalized spacial score (nSPS) is 11.7. The van der Waals surface area contributed by atoms with Gasteiger partial charge in [-0.25, -0.2) is 0 Å². The topological polar surface area (TPSA) is 26.0 Å². The molecule has 0 saturated heterocycles. The Morgan fingerprint density at radius 1 is 0.218 bits per heavy atom. The van der Waals surface area contributed by atoms with E-state index in [2.05, 4.69) is 188 Å². The number of nitrogen functional groups attached to an aromatic ring is 1. The molecule has 10 aromatic carbocycles. The molecule has 0 saturated carbocycles. The van der Waals surface area contributed by atoms with E-state index in [1.54, 1.807) is 0 Å². The van der Waals surface area contributed by atoms with Crippen LogP contribution in [0.3, 0.4) is 0 Å². The summed E-state index contributed by atoms with van der Waals surface area (Å²) in [5, 5.41) is 7.62. The number of anilines is 1. The first-order chi connectivity index (χ1) is 27.2. The molecule has 0 unspecified atom stereocenters. The zero-order valence-electron chi connectivity index (χ0n) is 30.1. The molecule has 1 nitrogen and oxygen atoms in total. The van der Waals surface area contributed by atoms with Crippen molar-refractivity contribution in [2.45, 2.75) is 0 Å². The third-order valence-corrected chi connectivity index (χ3v) is 11.6. The summed E-state index contributed by atoms with van der Waals surface area (Å²) in [7, 11) is 0. The van der Waals surface area contributed by atoms with E-state index in [1.807, 2.05) is 12.1 Å². The lowest BCUT2D eigenvalue weighted by molar-refractivity contribution is 1.59. The Hall–Kier alpha value is -7.22. The zero-order valence-corrected chi connectivity index (χ0v) is 30.1. The van der Waals surface area contributed by atoms with Gasteiger partial charge in [0.1, 0.15) is 0 Å². The van der Waals surface area contributed by atoms with E-state index in [1.165, 1.54) is 105 Å². The Bertz CT molecular complexity index is 3030. The lowest BCUT2D eigenvalue weighted by atomic mass is 9.82. The van der Waals surface area contributed by atoms with Crippen LogP contribution >= 0.6 is 0 Å². The molecule has 1 aliphatic rings. The standard InChI is InChI=1S/C54H35N/c55-37-28-26-34(27-29-37)38-18-7-8-19-39(38)42-30-31-43(41-21-10-9-20-40(41)42)44-32-33-49-52-45(44)24-13-25-48(52)53-50(35-14-3-1-4-15-35)46-22-11-12-23-47(46)51(54(49)53)36-16-5-2-6-17-36/h1-33H,55H2. The maximum absolute atomic E-state index is 6.08. The molecule has 0 aromatic heterocycles. The number of hydrogen-bond donors (Lipinski definition) is 1.